The molecular formula is C24H32N6O4. The van der Waals surface area contributed by atoms with Crippen molar-refractivity contribution in [1.82, 2.24) is 20.0 Å². The van der Waals surface area contributed by atoms with Crippen LogP contribution in [0.5, 0.6) is 0 Å². The van der Waals surface area contributed by atoms with Crippen LogP contribution >= 0.6 is 0 Å². The highest BCUT2D eigenvalue weighted by Gasteiger charge is 2.48. The van der Waals surface area contributed by atoms with Gasteiger partial charge in [-0.25, -0.2) is 9.59 Å². The highest BCUT2D eigenvalue weighted by Crippen LogP contribution is 2.43. The van der Waals surface area contributed by atoms with Crippen LogP contribution in [0, 0.1) is 5.41 Å². The molecule has 3 aliphatic rings. The minimum atomic E-state index is -0.478. The summed E-state index contributed by atoms with van der Waals surface area (Å²) in [5.74, 6) is 0.315. The van der Waals surface area contributed by atoms with Crippen molar-refractivity contribution in [3.8, 4) is 0 Å². The SMILES string of the molecule is Cn1nc(N2CCC(=O)NC2=O)c2cccc(N3CCC4(CC3)CN(C(=O)OC(C)(C)C)C4)c21. The maximum Gasteiger partial charge on any atom is 0.410 e. The lowest BCUT2D eigenvalue weighted by atomic mass is 9.72. The molecule has 0 radical (unpaired) electrons. The molecule has 1 aromatic heterocycles. The van der Waals surface area contributed by atoms with E-state index in [0.29, 0.717) is 12.4 Å². The molecule has 1 spiro atoms. The van der Waals surface area contributed by atoms with Gasteiger partial charge in [-0.3, -0.25) is 19.7 Å². The van der Waals surface area contributed by atoms with Crippen molar-refractivity contribution in [1.29, 1.82) is 0 Å². The first kappa shape index (κ1) is 22.5. The van der Waals surface area contributed by atoms with E-state index in [4.69, 9.17) is 4.74 Å². The predicted molar refractivity (Wildman–Crippen MR) is 128 cm³/mol. The van der Waals surface area contributed by atoms with Crippen LogP contribution in [0.25, 0.3) is 10.9 Å². The van der Waals surface area contributed by atoms with Crippen LogP contribution < -0.4 is 15.1 Å². The van der Waals surface area contributed by atoms with Crippen molar-refractivity contribution < 1.29 is 19.1 Å². The number of anilines is 2. The van der Waals surface area contributed by atoms with E-state index in [2.05, 4.69) is 21.4 Å². The number of nitrogens with zero attached hydrogens (tertiary/aromatic N) is 5. The number of rotatable bonds is 2. The molecule has 0 saturated carbocycles. The number of aromatic nitrogens is 2. The Kier molecular flexibility index (Phi) is 5.22. The van der Waals surface area contributed by atoms with E-state index in [1.165, 1.54) is 0 Å². The van der Waals surface area contributed by atoms with Gasteiger partial charge in [0.1, 0.15) is 5.60 Å². The number of hydrogen-bond donors (Lipinski definition) is 1. The molecule has 34 heavy (non-hydrogen) atoms. The van der Waals surface area contributed by atoms with Crippen molar-refractivity contribution in [2.24, 2.45) is 12.5 Å². The summed E-state index contributed by atoms with van der Waals surface area (Å²) in [6.45, 7) is 9.27. The van der Waals surface area contributed by atoms with Gasteiger partial charge in [0.15, 0.2) is 5.82 Å². The van der Waals surface area contributed by atoms with Gasteiger partial charge in [0.2, 0.25) is 5.91 Å². The minimum Gasteiger partial charge on any atom is -0.444 e. The molecule has 0 unspecified atom stereocenters. The number of fused-ring (bicyclic) bond motifs is 1. The molecule has 4 heterocycles. The fraction of sp³-hybridized carbons (Fsp3) is 0.583. The molecule has 10 nitrogen and oxygen atoms in total. The molecule has 1 N–H and O–H groups in total. The molecule has 0 bridgehead atoms. The van der Waals surface area contributed by atoms with E-state index in [1.807, 2.05) is 49.5 Å². The molecule has 1 aromatic carbocycles. The smallest absolute Gasteiger partial charge is 0.410 e. The van der Waals surface area contributed by atoms with Gasteiger partial charge in [-0.2, -0.15) is 5.10 Å². The summed E-state index contributed by atoms with van der Waals surface area (Å²) in [6.07, 6.45) is 2.04. The lowest BCUT2D eigenvalue weighted by Crippen LogP contribution is -2.62. The number of ether oxygens (including phenoxy) is 1. The normalized spacial score (nSPS) is 20.5. The lowest BCUT2D eigenvalue weighted by Gasteiger charge is -2.54. The third-order valence-corrected chi connectivity index (χ3v) is 7.00. The Morgan fingerprint density at radius 2 is 1.82 bits per heavy atom. The average Bonchev–Trinajstić information content (AvgIpc) is 3.07. The van der Waals surface area contributed by atoms with Crippen LogP contribution in [0.3, 0.4) is 0 Å². The van der Waals surface area contributed by atoms with Crippen molar-refractivity contribution in [2.45, 2.75) is 45.6 Å². The highest BCUT2D eigenvalue weighted by atomic mass is 16.6. The Bertz CT molecular complexity index is 1150. The Morgan fingerprint density at radius 1 is 1.12 bits per heavy atom. The Balaban J connectivity index is 1.30. The van der Waals surface area contributed by atoms with Crippen LogP contribution in [-0.2, 0) is 16.6 Å². The van der Waals surface area contributed by atoms with Gasteiger partial charge in [0.25, 0.3) is 0 Å². The lowest BCUT2D eigenvalue weighted by molar-refractivity contribution is -0.120. The highest BCUT2D eigenvalue weighted by molar-refractivity contribution is 6.10. The second kappa shape index (κ2) is 7.89. The molecule has 3 saturated heterocycles. The third kappa shape index (κ3) is 3.95. The van der Waals surface area contributed by atoms with Gasteiger partial charge >= 0.3 is 12.1 Å². The summed E-state index contributed by atoms with van der Waals surface area (Å²) in [5.41, 5.74) is 1.75. The van der Waals surface area contributed by atoms with E-state index in [1.54, 1.807) is 4.90 Å². The average molecular weight is 469 g/mol. The van der Waals surface area contributed by atoms with Crippen LogP contribution in [0.4, 0.5) is 21.1 Å². The van der Waals surface area contributed by atoms with Crippen molar-refractivity contribution >= 4 is 40.4 Å². The fourth-order valence-electron chi connectivity index (χ4n) is 5.28. The van der Waals surface area contributed by atoms with Crippen LogP contribution in [-0.4, -0.2) is 71.0 Å². The first-order valence-corrected chi connectivity index (χ1v) is 11.9. The topological polar surface area (TPSA) is 100 Å². The first-order chi connectivity index (χ1) is 16.1. The number of nitrogens with one attached hydrogen (secondary N) is 1. The quantitative estimate of drug-likeness (QED) is 0.728. The molecule has 2 aromatic rings. The maximum atomic E-state index is 12.4. The summed E-state index contributed by atoms with van der Waals surface area (Å²) in [7, 11) is 1.89. The van der Waals surface area contributed by atoms with Gasteiger partial charge < -0.3 is 14.5 Å². The predicted octanol–water partition coefficient (Wildman–Crippen LogP) is 2.86. The Labute approximate surface area is 198 Å². The van der Waals surface area contributed by atoms with Crippen LogP contribution in [0.2, 0.25) is 0 Å². The Morgan fingerprint density at radius 3 is 2.47 bits per heavy atom. The number of para-hydroxylation sites is 1. The van der Waals surface area contributed by atoms with Gasteiger partial charge in [0.05, 0.1) is 11.2 Å². The first-order valence-electron chi connectivity index (χ1n) is 11.9. The standard InChI is InChI=1S/C24H32N6O4/c1-23(2,3)34-22(33)29-14-24(15-29)9-12-28(13-10-24)17-7-5-6-16-19(17)27(4)26-20(16)30-11-8-18(31)25-21(30)32/h5-7H,8-15H2,1-4H3,(H,25,31,32). The number of aryl methyl sites for hydroxylation is 1. The molecule has 0 atom stereocenters. The largest absolute Gasteiger partial charge is 0.444 e. The summed E-state index contributed by atoms with van der Waals surface area (Å²) in [4.78, 5) is 42.0. The number of carbonyl (C=O) groups excluding carboxylic acids is 3. The molecule has 4 amide bonds. The van der Waals surface area contributed by atoms with Crippen molar-refractivity contribution in [3.05, 3.63) is 18.2 Å². The number of likely N-dealkylation sites (tertiary alicyclic amines) is 1. The second-order valence-corrected chi connectivity index (χ2v) is 10.7. The zero-order chi connectivity index (χ0) is 24.3. The van der Waals surface area contributed by atoms with E-state index >= 15 is 0 Å². The number of imide groups is 1. The maximum absolute atomic E-state index is 12.4. The van der Waals surface area contributed by atoms with Gasteiger partial charge in [-0.1, -0.05) is 6.07 Å². The van der Waals surface area contributed by atoms with Gasteiger partial charge in [0, 0.05) is 57.0 Å². The van der Waals surface area contributed by atoms with E-state index in [0.717, 1.165) is 55.6 Å². The van der Waals surface area contributed by atoms with E-state index < -0.39 is 11.6 Å². The second-order valence-electron chi connectivity index (χ2n) is 10.7. The summed E-state index contributed by atoms with van der Waals surface area (Å²) >= 11 is 0. The van der Waals surface area contributed by atoms with Crippen molar-refractivity contribution in [2.75, 3.05) is 42.5 Å². The number of amides is 4. The number of benzene rings is 1. The molecule has 182 valence electrons. The fourth-order valence-corrected chi connectivity index (χ4v) is 5.28. The zero-order valence-corrected chi connectivity index (χ0v) is 20.3. The summed E-state index contributed by atoms with van der Waals surface area (Å²) in [5, 5.41) is 7.91. The van der Waals surface area contributed by atoms with E-state index in [-0.39, 0.29) is 23.8 Å². The Hall–Kier alpha value is -3.30. The van der Waals surface area contributed by atoms with Crippen molar-refractivity contribution in [3.63, 3.8) is 0 Å². The van der Waals surface area contributed by atoms with E-state index in [9.17, 15) is 14.4 Å². The zero-order valence-electron chi connectivity index (χ0n) is 20.3. The number of urea groups is 1. The number of carbonyl (C=O) groups is 3. The molecular weight excluding hydrogens is 436 g/mol. The third-order valence-electron chi connectivity index (χ3n) is 7.00. The van der Waals surface area contributed by atoms with Crippen LogP contribution in [0.15, 0.2) is 18.2 Å². The molecule has 5 rings (SSSR count). The monoisotopic (exact) mass is 468 g/mol. The molecule has 3 aliphatic heterocycles. The van der Waals surface area contributed by atoms with Gasteiger partial charge in [-0.05, 0) is 45.7 Å². The van der Waals surface area contributed by atoms with Crippen LogP contribution in [0.1, 0.15) is 40.0 Å². The molecule has 3 fully saturated rings. The molecule has 10 heteroatoms. The summed E-state index contributed by atoms with van der Waals surface area (Å²) in [6, 6.07) is 5.63. The minimum absolute atomic E-state index is 0.164. The number of piperidine rings is 1. The molecule has 0 aliphatic carbocycles. The van der Waals surface area contributed by atoms with Gasteiger partial charge in [-0.15, -0.1) is 0 Å². The summed E-state index contributed by atoms with van der Waals surface area (Å²) < 4.78 is 7.33. The number of hydrogen-bond acceptors (Lipinski definition) is 6.